The van der Waals surface area contributed by atoms with Gasteiger partial charge in [-0.2, -0.15) is 5.10 Å². The molecule has 0 saturated carbocycles. The number of aromatic hydroxyl groups is 1. The quantitative estimate of drug-likeness (QED) is 0.574. The van der Waals surface area contributed by atoms with E-state index >= 15 is 0 Å². The fourth-order valence-electron chi connectivity index (χ4n) is 2.15. The van der Waals surface area contributed by atoms with Crippen molar-refractivity contribution >= 4 is 22.9 Å². The molecule has 0 radical (unpaired) electrons. The molecule has 0 unspecified atom stereocenters. The van der Waals surface area contributed by atoms with Crippen LogP contribution >= 0.6 is 0 Å². The minimum absolute atomic E-state index is 0.117. The summed E-state index contributed by atoms with van der Waals surface area (Å²) < 4.78 is 0. The number of phenolic OH excluding ortho intramolecular Hbond substituents is 1. The van der Waals surface area contributed by atoms with Crippen LogP contribution in [0.15, 0.2) is 71.8 Å². The number of hydrogen-bond acceptors (Lipinski definition) is 3. The second-order valence-electron chi connectivity index (χ2n) is 4.82. The van der Waals surface area contributed by atoms with Crippen LogP contribution in [-0.2, 0) is 0 Å². The maximum atomic E-state index is 12.1. The molecule has 0 aliphatic carbocycles. The van der Waals surface area contributed by atoms with Crippen molar-refractivity contribution in [2.45, 2.75) is 0 Å². The van der Waals surface area contributed by atoms with Gasteiger partial charge in [-0.1, -0.05) is 42.5 Å². The second kappa shape index (κ2) is 6.10. The average Bonchev–Trinajstić information content (AvgIpc) is 2.56. The van der Waals surface area contributed by atoms with Gasteiger partial charge in [-0.15, -0.1) is 0 Å². The topological polar surface area (TPSA) is 61.7 Å². The number of rotatable bonds is 3. The van der Waals surface area contributed by atoms with Crippen LogP contribution in [-0.4, -0.2) is 17.2 Å². The molecule has 0 spiro atoms. The molecule has 0 aliphatic rings. The van der Waals surface area contributed by atoms with Crippen molar-refractivity contribution in [2.24, 2.45) is 5.10 Å². The summed E-state index contributed by atoms with van der Waals surface area (Å²) in [6.45, 7) is 0. The Balaban J connectivity index is 1.74. The van der Waals surface area contributed by atoms with E-state index in [0.29, 0.717) is 11.1 Å². The Labute approximate surface area is 127 Å². The first-order valence-corrected chi connectivity index (χ1v) is 6.84. The number of hydrogen-bond donors (Lipinski definition) is 2. The summed E-state index contributed by atoms with van der Waals surface area (Å²) >= 11 is 0. The molecule has 3 aromatic rings. The van der Waals surface area contributed by atoms with Gasteiger partial charge >= 0.3 is 0 Å². The van der Waals surface area contributed by atoms with Crippen LogP contribution in [0.4, 0.5) is 0 Å². The first-order valence-electron chi connectivity index (χ1n) is 6.84. The number of amides is 1. The van der Waals surface area contributed by atoms with E-state index in [1.165, 1.54) is 6.21 Å². The number of benzene rings is 3. The third kappa shape index (κ3) is 2.96. The minimum Gasteiger partial charge on any atom is -0.507 e. The van der Waals surface area contributed by atoms with E-state index in [1.54, 1.807) is 30.3 Å². The molecular formula is C18H14N2O2. The maximum absolute atomic E-state index is 12.1. The number of hydrazone groups is 1. The van der Waals surface area contributed by atoms with Crippen molar-refractivity contribution in [3.63, 3.8) is 0 Å². The van der Waals surface area contributed by atoms with Crippen LogP contribution in [0.3, 0.4) is 0 Å². The molecule has 0 aromatic heterocycles. The largest absolute Gasteiger partial charge is 0.507 e. The average molecular weight is 290 g/mol. The highest BCUT2D eigenvalue weighted by Crippen LogP contribution is 2.15. The van der Waals surface area contributed by atoms with E-state index in [9.17, 15) is 9.90 Å². The van der Waals surface area contributed by atoms with Gasteiger partial charge in [-0.05, 0) is 35.0 Å². The lowest BCUT2D eigenvalue weighted by Gasteiger charge is -2.02. The number of fused-ring (bicyclic) bond motifs is 1. The highest BCUT2D eigenvalue weighted by molar-refractivity contribution is 5.99. The smallest absolute Gasteiger partial charge is 0.271 e. The van der Waals surface area contributed by atoms with Gasteiger partial charge in [0.25, 0.3) is 5.91 Å². The van der Waals surface area contributed by atoms with E-state index in [2.05, 4.69) is 10.5 Å². The minimum atomic E-state index is -0.294. The molecule has 3 aromatic carbocycles. The number of carbonyl (C=O) groups is 1. The van der Waals surface area contributed by atoms with E-state index < -0.39 is 0 Å². The second-order valence-corrected chi connectivity index (χ2v) is 4.82. The van der Waals surface area contributed by atoms with Crippen LogP contribution in [0.25, 0.3) is 10.8 Å². The number of phenols is 1. The molecule has 0 aliphatic heterocycles. The molecule has 108 valence electrons. The van der Waals surface area contributed by atoms with Crippen molar-refractivity contribution < 1.29 is 9.90 Å². The van der Waals surface area contributed by atoms with Crippen molar-refractivity contribution in [1.29, 1.82) is 0 Å². The van der Waals surface area contributed by atoms with Gasteiger partial charge in [0.05, 0.1) is 6.21 Å². The van der Waals surface area contributed by atoms with Crippen LogP contribution in [0.5, 0.6) is 5.75 Å². The monoisotopic (exact) mass is 290 g/mol. The molecule has 4 nitrogen and oxygen atoms in total. The summed E-state index contributed by atoms with van der Waals surface area (Å²) in [6.07, 6.45) is 1.41. The number of para-hydroxylation sites is 1. The van der Waals surface area contributed by atoms with Gasteiger partial charge in [0.2, 0.25) is 0 Å². The van der Waals surface area contributed by atoms with Crippen molar-refractivity contribution in [2.75, 3.05) is 0 Å². The molecule has 0 bridgehead atoms. The molecule has 0 saturated heterocycles. The van der Waals surface area contributed by atoms with Crippen LogP contribution in [0.1, 0.15) is 15.9 Å². The van der Waals surface area contributed by atoms with Crippen LogP contribution < -0.4 is 5.43 Å². The molecule has 1 amide bonds. The van der Waals surface area contributed by atoms with Crippen LogP contribution in [0, 0.1) is 0 Å². The van der Waals surface area contributed by atoms with Gasteiger partial charge in [-0.25, -0.2) is 5.43 Å². The van der Waals surface area contributed by atoms with Gasteiger partial charge < -0.3 is 5.11 Å². The third-order valence-corrected chi connectivity index (χ3v) is 3.32. The van der Waals surface area contributed by atoms with Gasteiger partial charge in [-0.3, -0.25) is 4.79 Å². The van der Waals surface area contributed by atoms with E-state index in [1.807, 2.05) is 36.4 Å². The van der Waals surface area contributed by atoms with E-state index in [0.717, 1.165) is 10.8 Å². The summed E-state index contributed by atoms with van der Waals surface area (Å²) in [5.41, 5.74) is 3.54. The molecule has 0 fully saturated rings. The summed E-state index contributed by atoms with van der Waals surface area (Å²) in [7, 11) is 0. The lowest BCUT2D eigenvalue weighted by atomic mass is 10.1. The van der Waals surface area contributed by atoms with E-state index in [4.69, 9.17) is 0 Å². The summed E-state index contributed by atoms with van der Waals surface area (Å²) in [5.74, 6) is -0.177. The zero-order valence-corrected chi connectivity index (χ0v) is 11.7. The lowest BCUT2D eigenvalue weighted by Crippen LogP contribution is -2.17. The first kappa shape index (κ1) is 13.8. The normalized spacial score (nSPS) is 10.9. The Morgan fingerprint density at radius 1 is 0.955 bits per heavy atom. The molecule has 2 N–H and O–H groups in total. The zero-order valence-electron chi connectivity index (χ0n) is 11.7. The number of nitrogens with one attached hydrogen (secondary N) is 1. The first-order chi connectivity index (χ1) is 10.7. The zero-order chi connectivity index (χ0) is 15.4. The molecule has 3 rings (SSSR count). The fourth-order valence-corrected chi connectivity index (χ4v) is 2.15. The SMILES string of the molecule is O=C(N/N=C/c1ccccc1O)c1ccc2ccccc2c1. The fraction of sp³-hybridized carbons (Fsp3) is 0. The van der Waals surface area contributed by atoms with Crippen molar-refractivity contribution in [3.05, 3.63) is 77.9 Å². The predicted octanol–water partition coefficient (Wildman–Crippen LogP) is 3.31. The summed E-state index contributed by atoms with van der Waals surface area (Å²) in [6, 6.07) is 20.1. The molecule has 4 heteroatoms. The highest BCUT2D eigenvalue weighted by atomic mass is 16.3. The maximum Gasteiger partial charge on any atom is 0.271 e. The van der Waals surface area contributed by atoms with E-state index in [-0.39, 0.29) is 11.7 Å². The standard InChI is InChI=1S/C18H14N2O2/c21-17-8-4-3-7-16(17)12-19-20-18(22)15-10-9-13-5-1-2-6-14(13)11-15/h1-12,21H,(H,20,22)/b19-12+. The Morgan fingerprint density at radius 3 is 2.50 bits per heavy atom. The van der Waals surface area contributed by atoms with Gasteiger partial charge in [0.1, 0.15) is 5.75 Å². The van der Waals surface area contributed by atoms with Crippen molar-refractivity contribution in [1.82, 2.24) is 5.43 Å². The number of carbonyl (C=O) groups excluding carboxylic acids is 1. The van der Waals surface area contributed by atoms with Crippen LogP contribution in [0.2, 0.25) is 0 Å². The molecular weight excluding hydrogens is 276 g/mol. The number of nitrogens with zero attached hydrogens (tertiary/aromatic N) is 1. The molecule has 0 atom stereocenters. The van der Waals surface area contributed by atoms with Gasteiger partial charge in [0.15, 0.2) is 0 Å². The Hall–Kier alpha value is -3.14. The summed E-state index contributed by atoms with van der Waals surface area (Å²) in [4.78, 5) is 12.1. The predicted molar refractivity (Wildman–Crippen MR) is 87.1 cm³/mol. The highest BCUT2D eigenvalue weighted by Gasteiger charge is 2.05. The Morgan fingerprint density at radius 2 is 1.68 bits per heavy atom. The Bertz CT molecular complexity index is 856. The lowest BCUT2D eigenvalue weighted by molar-refractivity contribution is 0.0955. The van der Waals surface area contributed by atoms with Gasteiger partial charge in [0, 0.05) is 11.1 Å². The molecule has 0 heterocycles. The third-order valence-electron chi connectivity index (χ3n) is 3.32. The van der Waals surface area contributed by atoms with Crippen molar-refractivity contribution in [3.8, 4) is 5.75 Å². The Kier molecular flexibility index (Phi) is 3.83. The summed E-state index contributed by atoms with van der Waals surface area (Å²) in [5, 5.41) is 15.6. The molecule has 22 heavy (non-hydrogen) atoms.